The maximum atomic E-state index is 12.0. The second-order valence-electron chi connectivity index (χ2n) is 4.34. The lowest BCUT2D eigenvalue weighted by molar-refractivity contribution is -0.151. The number of likely N-dealkylation sites (N-methyl/N-ethyl adjacent to an activating group) is 1. The van der Waals surface area contributed by atoms with Gasteiger partial charge >= 0.3 is 5.97 Å². The van der Waals surface area contributed by atoms with Crippen LogP contribution in [0.3, 0.4) is 0 Å². The fourth-order valence-corrected chi connectivity index (χ4v) is 1.92. The molecule has 18 heavy (non-hydrogen) atoms. The largest absolute Gasteiger partial charge is 0.465 e. The maximum absolute atomic E-state index is 12.0. The van der Waals surface area contributed by atoms with E-state index < -0.39 is 5.54 Å². The molecule has 0 fully saturated rings. The van der Waals surface area contributed by atoms with Crippen LogP contribution in [0.5, 0.6) is 0 Å². The van der Waals surface area contributed by atoms with Crippen LogP contribution in [0.1, 0.15) is 26.5 Å². The molecule has 1 rings (SSSR count). The van der Waals surface area contributed by atoms with Crippen LogP contribution in [0.15, 0.2) is 6.20 Å². The first kappa shape index (κ1) is 15.0. The van der Waals surface area contributed by atoms with E-state index in [4.69, 9.17) is 16.3 Å². The number of aryl methyl sites for hydroxylation is 1. The summed E-state index contributed by atoms with van der Waals surface area (Å²) in [5.74, 6) is -0.281. The van der Waals surface area contributed by atoms with Gasteiger partial charge in [-0.1, -0.05) is 18.5 Å². The zero-order valence-corrected chi connectivity index (χ0v) is 12.0. The van der Waals surface area contributed by atoms with Crippen molar-refractivity contribution < 1.29 is 9.53 Å². The quantitative estimate of drug-likeness (QED) is 0.803. The predicted octanol–water partition coefficient (Wildman–Crippen LogP) is 1.78. The Labute approximate surface area is 112 Å². The average Bonchev–Trinajstić information content (AvgIpc) is 2.58. The van der Waals surface area contributed by atoms with Crippen molar-refractivity contribution in [1.82, 2.24) is 15.1 Å². The number of ether oxygens (including phenoxy) is 1. The Balaban J connectivity index is 2.88. The van der Waals surface area contributed by atoms with Crippen LogP contribution in [0.25, 0.3) is 0 Å². The summed E-state index contributed by atoms with van der Waals surface area (Å²) in [6, 6.07) is 0. The third kappa shape index (κ3) is 3.46. The van der Waals surface area contributed by atoms with E-state index in [-0.39, 0.29) is 5.97 Å². The SMILES string of the molecule is CCNC(C)(Cn1cc(Cl)c(C)n1)C(=O)OCC. The number of rotatable bonds is 6. The van der Waals surface area contributed by atoms with Gasteiger partial charge in [0.05, 0.1) is 23.9 Å². The molecule has 6 heteroatoms. The van der Waals surface area contributed by atoms with Gasteiger partial charge in [-0.15, -0.1) is 0 Å². The molecule has 0 spiro atoms. The van der Waals surface area contributed by atoms with E-state index in [0.717, 1.165) is 5.69 Å². The molecular weight excluding hydrogens is 254 g/mol. The van der Waals surface area contributed by atoms with Crippen LogP contribution in [-0.4, -0.2) is 34.4 Å². The fraction of sp³-hybridized carbons (Fsp3) is 0.667. The molecule has 0 aliphatic heterocycles. The van der Waals surface area contributed by atoms with E-state index in [1.165, 1.54) is 0 Å². The standard InChI is InChI=1S/C12H20ClN3O2/c1-5-14-12(4,11(17)18-6-2)8-16-7-10(13)9(3)15-16/h7,14H,5-6,8H2,1-4H3. The minimum atomic E-state index is -0.799. The summed E-state index contributed by atoms with van der Waals surface area (Å²) in [7, 11) is 0. The molecule has 1 atom stereocenters. The van der Waals surface area contributed by atoms with Crippen molar-refractivity contribution in [2.75, 3.05) is 13.2 Å². The Morgan fingerprint density at radius 3 is 2.72 bits per heavy atom. The highest BCUT2D eigenvalue weighted by molar-refractivity contribution is 6.31. The van der Waals surface area contributed by atoms with Crippen LogP contribution >= 0.6 is 11.6 Å². The molecule has 5 nitrogen and oxygen atoms in total. The van der Waals surface area contributed by atoms with E-state index in [0.29, 0.717) is 24.7 Å². The Morgan fingerprint density at radius 1 is 1.61 bits per heavy atom. The van der Waals surface area contributed by atoms with E-state index in [2.05, 4.69) is 10.4 Å². The number of hydrogen-bond donors (Lipinski definition) is 1. The third-order valence-electron chi connectivity index (χ3n) is 2.66. The molecule has 0 aliphatic carbocycles. The molecular formula is C12H20ClN3O2. The third-order valence-corrected chi connectivity index (χ3v) is 3.03. The minimum Gasteiger partial charge on any atom is -0.465 e. The van der Waals surface area contributed by atoms with Gasteiger partial charge in [0.2, 0.25) is 0 Å². The Morgan fingerprint density at radius 2 is 2.28 bits per heavy atom. The van der Waals surface area contributed by atoms with Crippen molar-refractivity contribution >= 4 is 17.6 Å². The van der Waals surface area contributed by atoms with Crippen LogP contribution in [0, 0.1) is 6.92 Å². The molecule has 1 aromatic heterocycles. The summed E-state index contributed by atoms with van der Waals surface area (Å²) in [4.78, 5) is 12.0. The van der Waals surface area contributed by atoms with Crippen molar-refractivity contribution in [3.05, 3.63) is 16.9 Å². The van der Waals surface area contributed by atoms with Gasteiger partial charge < -0.3 is 10.1 Å². The van der Waals surface area contributed by atoms with Gasteiger partial charge in [0.15, 0.2) is 0 Å². The summed E-state index contributed by atoms with van der Waals surface area (Å²) in [6.07, 6.45) is 1.71. The molecule has 1 heterocycles. The van der Waals surface area contributed by atoms with Crippen LogP contribution in [0.4, 0.5) is 0 Å². The molecule has 0 saturated heterocycles. The molecule has 1 aromatic rings. The molecule has 0 aliphatic rings. The summed E-state index contributed by atoms with van der Waals surface area (Å²) in [6.45, 7) is 8.78. The van der Waals surface area contributed by atoms with Crippen molar-refractivity contribution in [3.8, 4) is 0 Å². The lowest BCUT2D eigenvalue weighted by atomic mass is 10.0. The molecule has 0 bridgehead atoms. The lowest BCUT2D eigenvalue weighted by Crippen LogP contribution is -2.53. The molecule has 1 N–H and O–H groups in total. The summed E-state index contributed by atoms with van der Waals surface area (Å²) < 4.78 is 6.76. The number of aromatic nitrogens is 2. The normalized spacial score (nSPS) is 14.3. The van der Waals surface area contributed by atoms with Crippen molar-refractivity contribution in [3.63, 3.8) is 0 Å². The first-order valence-electron chi connectivity index (χ1n) is 6.04. The van der Waals surface area contributed by atoms with Crippen molar-refractivity contribution in [2.45, 2.75) is 39.8 Å². The number of nitrogens with one attached hydrogen (secondary N) is 1. The van der Waals surface area contributed by atoms with Gasteiger partial charge in [0.25, 0.3) is 0 Å². The second kappa shape index (κ2) is 6.20. The van der Waals surface area contributed by atoms with E-state index >= 15 is 0 Å². The van der Waals surface area contributed by atoms with Crippen molar-refractivity contribution in [1.29, 1.82) is 0 Å². The smallest absolute Gasteiger partial charge is 0.327 e. The Kier molecular flexibility index (Phi) is 5.16. The molecule has 0 radical (unpaired) electrons. The summed E-state index contributed by atoms with van der Waals surface area (Å²) in [5, 5.41) is 7.99. The van der Waals surface area contributed by atoms with E-state index in [1.807, 2.05) is 13.8 Å². The summed E-state index contributed by atoms with van der Waals surface area (Å²) >= 11 is 5.96. The number of carbonyl (C=O) groups is 1. The highest BCUT2D eigenvalue weighted by Crippen LogP contribution is 2.16. The van der Waals surface area contributed by atoms with E-state index in [9.17, 15) is 4.79 Å². The van der Waals surface area contributed by atoms with Gasteiger partial charge in [-0.05, 0) is 27.3 Å². The average molecular weight is 274 g/mol. The number of esters is 1. The summed E-state index contributed by atoms with van der Waals surface area (Å²) in [5.41, 5.74) is -0.0496. The number of hydrogen-bond acceptors (Lipinski definition) is 4. The minimum absolute atomic E-state index is 0.281. The van der Waals surface area contributed by atoms with Crippen LogP contribution < -0.4 is 5.32 Å². The molecule has 0 amide bonds. The second-order valence-corrected chi connectivity index (χ2v) is 4.75. The van der Waals surface area contributed by atoms with Gasteiger partial charge in [-0.2, -0.15) is 5.10 Å². The topological polar surface area (TPSA) is 56.2 Å². The van der Waals surface area contributed by atoms with Crippen LogP contribution in [-0.2, 0) is 16.1 Å². The highest BCUT2D eigenvalue weighted by Gasteiger charge is 2.34. The maximum Gasteiger partial charge on any atom is 0.327 e. The Hall–Kier alpha value is -1.07. The molecule has 0 saturated carbocycles. The van der Waals surface area contributed by atoms with Crippen molar-refractivity contribution in [2.24, 2.45) is 0 Å². The number of nitrogens with zero attached hydrogens (tertiary/aromatic N) is 2. The molecule has 102 valence electrons. The zero-order chi connectivity index (χ0) is 13.8. The number of halogens is 1. The lowest BCUT2D eigenvalue weighted by Gasteiger charge is -2.27. The van der Waals surface area contributed by atoms with Gasteiger partial charge in [-0.25, -0.2) is 4.79 Å². The first-order chi connectivity index (χ1) is 8.42. The highest BCUT2D eigenvalue weighted by atomic mass is 35.5. The monoisotopic (exact) mass is 273 g/mol. The Bertz CT molecular complexity index is 400. The van der Waals surface area contributed by atoms with Crippen LogP contribution in [0.2, 0.25) is 5.02 Å². The fourth-order valence-electron chi connectivity index (χ4n) is 1.77. The van der Waals surface area contributed by atoms with Gasteiger partial charge in [0, 0.05) is 6.20 Å². The molecule has 1 unspecified atom stereocenters. The van der Waals surface area contributed by atoms with E-state index in [1.54, 1.807) is 24.7 Å². The zero-order valence-electron chi connectivity index (χ0n) is 11.3. The van der Waals surface area contributed by atoms with Gasteiger partial charge in [-0.3, -0.25) is 4.68 Å². The number of carbonyl (C=O) groups excluding carboxylic acids is 1. The first-order valence-corrected chi connectivity index (χ1v) is 6.42. The predicted molar refractivity (Wildman–Crippen MR) is 70.7 cm³/mol. The molecule has 0 aromatic carbocycles. The van der Waals surface area contributed by atoms with Gasteiger partial charge in [0.1, 0.15) is 5.54 Å².